The number of rotatable bonds is 8. The Balaban J connectivity index is 1.61. The quantitative estimate of drug-likeness (QED) is 0.400. The summed E-state index contributed by atoms with van der Waals surface area (Å²) in [6, 6.07) is 11.5. The number of urea groups is 1. The molecule has 0 bridgehead atoms. The van der Waals surface area contributed by atoms with Gasteiger partial charge < -0.3 is 24.8 Å². The van der Waals surface area contributed by atoms with Crippen molar-refractivity contribution in [2.75, 3.05) is 48.9 Å². The predicted octanol–water partition coefficient (Wildman–Crippen LogP) is 2.89. The molecule has 12 heteroatoms. The van der Waals surface area contributed by atoms with E-state index in [1.54, 1.807) is 36.4 Å². The number of carbonyl (C=O) groups excluding carboxylic acids is 2. The van der Waals surface area contributed by atoms with Gasteiger partial charge >= 0.3 is 12.0 Å². The van der Waals surface area contributed by atoms with Crippen molar-refractivity contribution in [1.82, 2.24) is 9.36 Å². The van der Waals surface area contributed by atoms with Crippen molar-refractivity contribution < 1.29 is 29.0 Å². The van der Waals surface area contributed by atoms with Crippen molar-refractivity contribution >= 4 is 45.8 Å². The van der Waals surface area contributed by atoms with Crippen LogP contribution in [-0.2, 0) is 16.0 Å². The summed E-state index contributed by atoms with van der Waals surface area (Å²) < 4.78 is 14.7. The molecule has 0 atom stereocenters. The van der Waals surface area contributed by atoms with Crippen LogP contribution in [-0.4, -0.2) is 65.7 Å². The van der Waals surface area contributed by atoms with E-state index in [9.17, 15) is 14.4 Å². The number of carboxylic acids is 1. The molecule has 1 aliphatic heterocycles. The van der Waals surface area contributed by atoms with E-state index < -0.39 is 12.0 Å². The first kappa shape index (κ1) is 24.1. The predicted molar refractivity (Wildman–Crippen MR) is 130 cm³/mol. The molecule has 0 aliphatic carbocycles. The second kappa shape index (κ2) is 10.9. The maximum Gasteiger partial charge on any atom is 0.325 e. The number of ketones is 1. The summed E-state index contributed by atoms with van der Waals surface area (Å²) in [6.07, 6.45) is -0.347. The lowest BCUT2D eigenvalue weighted by Gasteiger charge is -2.29. The van der Waals surface area contributed by atoms with Gasteiger partial charge in [0.2, 0.25) is 5.13 Å². The molecule has 1 fully saturated rings. The average Bonchev–Trinajstić information content (AvgIpc) is 3.30. The van der Waals surface area contributed by atoms with Crippen molar-refractivity contribution in [1.29, 1.82) is 0 Å². The van der Waals surface area contributed by atoms with Gasteiger partial charge in [-0.05, 0) is 30.3 Å². The second-order valence-electron chi connectivity index (χ2n) is 7.52. The molecule has 0 spiro atoms. The van der Waals surface area contributed by atoms with Crippen LogP contribution in [0.25, 0.3) is 0 Å². The lowest BCUT2D eigenvalue weighted by atomic mass is 9.99. The summed E-state index contributed by atoms with van der Waals surface area (Å²) in [7, 11) is 1.49. The molecular weight excluding hydrogens is 474 g/mol. The first-order valence-corrected chi connectivity index (χ1v) is 11.5. The third kappa shape index (κ3) is 5.91. The fourth-order valence-electron chi connectivity index (χ4n) is 3.59. The lowest BCUT2D eigenvalue weighted by molar-refractivity contribution is -0.136. The number of amides is 2. The Morgan fingerprint density at radius 2 is 1.89 bits per heavy atom. The highest BCUT2D eigenvalue weighted by Gasteiger charge is 2.22. The Morgan fingerprint density at radius 3 is 2.63 bits per heavy atom. The van der Waals surface area contributed by atoms with E-state index in [1.807, 2.05) is 6.07 Å². The molecule has 182 valence electrons. The number of methoxy groups -OCH3 is 1. The fourth-order valence-corrected chi connectivity index (χ4v) is 4.17. The van der Waals surface area contributed by atoms with Crippen molar-refractivity contribution in [3.8, 4) is 5.75 Å². The van der Waals surface area contributed by atoms with Gasteiger partial charge in [-0.25, -0.2) is 9.78 Å². The van der Waals surface area contributed by atoms with Crippen molar-refractivity contribution in [3.05, 3.63) is 59.4 Å². The minimum atomic E-state index is -1.07. The standard InChI is InChI=1S/C23H23N5O6S/c1-33-18-5-3-2-4-15(18)21(31)16-12-14(28-8-10-34-11-9-28)6-7-17(16)24-22(32)26-23-25-19(27-35-23)13-20(29)30/h2-7,12H,8-11,13H2,1H3,(H,29,30)(H2,24,25,26,27,32). The number of hydrogen-bond acceptors (Lipinski definition) is 9. The van der Waals surface area contributed by atoms with E-state index in [-0.39, 0.29) is 28.7 Å². The maximum atomic E-state index is 13.6. The highest BCUT2D eigenvalue weighted by Crippen LogP contribution is 2.29. The topological polar surface area (TPSA) is 143 Å². The number of ether oxygens (including phenoxy) is 2. The van der Waals surface area contributed by atoms with E-state index >= 15 is 0 Å². The van der Waals surface area contributed by atoms with Crippen LogP contribution < -0.4 is 20.3 Å². The molecular formula is C23H23N5O6S. The Morgan fingerprint density at radius 1 is 1.11 bits per heavy atom. The zero-order valence-electron chi connectivity index (χ0n) is 18.8. The summed E-state index contributed by atoms with van der Waals surface area (Å²) in [5, 5.41) is 14.2. The molecule has 3 N–H and O–H groups in total. The van der Waals surface area contributed by atoms with E-state index in [2.05, 4.69) is 24.9 Å². The van der Waals surface area contributed by atoms with Crippen molar-refractivity contribution in [3.63, 3.8) is 0 Å². The molecule has 1 aliphatic rings. The first-order valence-electron chi connectivity index (χ1n) is 10.7. The van der Waals surface area contributed by atoms with Crippen LogP contribution in [0.1, 0.15) is 21.7 Å². The van der Waals surface area contributed by atoms with Crippen LogP contribution in [0.3, 0.4) is 0 Å². The van der Waals surface area contributed by atoms with Crippen LogP contribution in [0.15, 0.2) is 42.5 Å². The van der Waals surface area contributed by atoms with Crippen LogP contribution in [0.4, 0.5) is 21.3 Å². The Bertz CT molecular complexity index is 1240. The monoisotopic (exact) mass is 497 g/mol. The Kier molecular flexibility index (Phi) is 7.53. The molecule has 11 nitrogen and oxygen atoms in total. The number of nitrogens with one attached hydrogen (secondary N) is 2. The number of nitrogens with zero attached hydrogens (tertiary/aromatic N) is 3. The number of carboxylic acid groups (broad SMARTS) is 1. The molecule has 3 aromatic rings. The number of anilines is 3. The molecule has 4 rings (SSSR count). The van der Waals surface area contributed by atoms with Gasteiger partial charge in [0, 0.05) is 35.9 Å². The SMILES string of the molecule is COc1ccccc1C(=O)c1cc(N2CCOCC2)ccc1NC(=O)Nc1nc(CC(=O)O)ns1. The van der Waals surface area contributed by atoms with Crippen LogP contribution in [0.2, 0.25) is 0 Å². The summed E-state index contributed by atoms with van der Waals surface area (Å²) in [4.78, 5) is 43.1. The molecule has 2 aromatic carbocycles. The van der Waals surface area contributed by atoms with Gasteiger partial charge in [0.05, 0.1) is 31.6 Å². The number of benzene rings is 2. The average molecular weight is 498 g/mol. The van der Waals surface area contributed by atoms with Crippen LogP contribution in [0, 0.1) is 0 Å². The third-order valence-corrected chi connectivity index (χ3v) is 5.89. The van der Waals surface area contributed by atoms with E-state index in [0.29, 0.717) is 43.3 Å². The van der Waals surface area contributed by atoms with Gasteiger partial charge in [-0.15, -0.1) is 0 Å². The van der Waals surface area contributed by atoms with Crippen LogP contribution >= 0.6 is 11.5 Å². The number of aliphatic carboxylic acids is 1. The van der Waals surface area contributed by atoms with Crippen LogP contribution in [0.5, 0.6) is 5.75 Å². The van der Waals surface area contributed by atoms with E-state index in [4.69, 9.17) is 14.6 Å². The summed E-state index contributed by atoms with van der Waals surface area (Å²) in [5.41, 5.74) is 1.78. The minimum Gasteiger partial charge on any atom is -0.496 e. The molecule has 2 heterocycles. The lowest BCUT2D eigenvalue weighted by Crippen LogP contribution is -2.36. The Hall–Kier alpha value is -4.03. The molecule has 0 saturated carbocycles. The molecule has 1 saturated heterocycles. The van der Waals surface area contributed by atoms with Gasteiger partial charge in [-0.1, -0.05) is 12.1 Å². The number of morpholine rings is 1. The highest BCUT2D eigenvalue weighted by molar-refractivity contribution is 7.09. The van der Waals surface area contributed by atoms with E-state index in [1.165, 1.54) is 7.11 Å². The van der Waals surface area contributed by atoms with Gasteiger partial charge in [0.25, 0.3) is 0 Å². The molecule has 2 amide bonds. The van der Waals surface area contributed by atoms with E-state index in [0.717, 1.165) is 17.2 Å². The van der Waals surface area contributed by atoms with Gasteiger partial charge in [0.15, 0.2) is 11.6 Å². The summed E-state index contributed by atoms with van der Waals surface area (Å²) >= 11 is 0.866. The Labute approximate surface area is 204 Å². The number of para-hydroxylation sites is 1. The molecule has 35 heavy (non-hydrogen) atoms. The first-order chi connectivity index (χ1) is 16.9. The zero-order chi connectivity index (χ0) is 24.8. The third-order valence-electron chi connectivity index (χ3n) is 5.22. The molecule has 0 unspecified atom stereocenters. The summed E-state index contributed by atoms with van der Waals surface area (Å²) in [5.74, 6) is -0.865. The summed E-state index contributed by atoms with van der Waals surface area (Å²) in [6.45, 7) is 2.55. The minimum absolute atomic E-state index is 0.0969. The number of aromatic nitrogens is 2. The van der Waals surface area contributed by atoms with Crippen molar-refractivity contribution in [2.24, 2.45) is 0 Å². The normalized spacial score (nSPS) is 13.2. The van der Waals surface area contributed by atoms with Gasteiger partial charge in [-0.2, -0.15) is 4.37 Å². The zero-order valence-corrected chi connectivity index (χ0v) is 19.6. The maximum absolute atomic E-state index is 13.6. The fraction of sp³-hybridized carbons (Fsp3) is 0.261. The number of carbonyl (C=O) groups is 3. The molecule has 0 radical (unpaired) electrons. The van der Waals surface area contributed by atoms with Crippen molar-refractivity contribution in [2.45, 2.75) is 6.42 Å². The number of hydrogen-bond donors (Lipinski definition) is 3. The molecule has 1 aromatic heterocycles. The van der Waals surface area contributed by atoms with Gasteiger partial charge in [-0.3, -0.25) is 14.9 Å². The van der Waals surface area contributed by atoms with Gasteiger partial charge in [0.1, 0.15) is 12.2 Å². The highest BCUT2D eigenvalue weighted by atomic mass is 32.1. The second-order valence-corrected chi connectivity index (χ2v) is 8.28. The smallest absolute Gasteiger partial charge is 0.325 e. The largest absolute Gasteiger partial charge is 0.496 e.